The fraction of sp³-hybridized carbons (Fsp3) is 0.400. The molecule has 0 aliphatic heterocycles. The second-order valence-corrected chi connectivity index (χ2v) is 4.91. The summed E-state index contributed by atoms with van der Waals surface area (Å²) in [4.78, 5) is 4.44. The minimum absolute atomic E-state index is 0.370. The highest BCUT2D eigenvalue weighted by molar-refractivity contribution is 5.33. The molecule has 3 heteroatoms. The lowest BCUT2D eigenvalue weighted by atomic mass is 10.0. The van der Waals surface area contributed by atoms with Crippen LogP contribution in [0.1, 0.15) is 37.8 Å². The Morgan fingerprint density at radius 2 is 2.11 bits per heavy atom. The van der Waals surface area contributed by atoms with Gasteiger partial charge < -0.3 is 9.88 Å². The Morgan fingerprint density at radius 1 is 1.33 bits per heavy atom. The minimum Gasteiger partial charge on any atom is -0.353 e. The summed E-state index contributed by atoms with van der Waals surface area (Å²) < 4.78 is 2.26. The van der Waals surface area contributed by atoms with Crippen LogP contribution in [-0.4, -0.2) is 15.6 Å². The molecule has 0 spiro atoms. The minimum atomic E-state index is 0.370. The molecular formula is C15H19N3. The van der Waals surface area contributed by atoms with Crippen molar-refractivity contribution in [2.75, 3.05) is 5.32 Å². The van der Waals surface area contributed by atoms with Gasteiger partial charge in [0.15, 0.2) is 0 Å². The summed E-state index contributed by atoms with van der Waals surface area (Å²) >= 11 is 0. The Bertz CT molecular complexity index is 499. The first kappa shape index (κ1) is 11.3. The maximum atomic E-state index is 4.44. The summed E-state index contributed by atoms with van der Waals surface area (Å²) in [6.07, 6.45) is 7.58. The van der Waals surface area contributed by atoms with Crippen LogP contribution in [0.4, 0.5) is 5.95 Å². The number of hydrogen-bond donors (Lipinski definition) is 1. The van der Waals surface area contributed by atoms with Crippen LogP contribution in [0.2, 0.25) is 0 Å². The van der Waals surface area contributed by atoms with E-state index in [1.165, 1.54) is 18.4 Å². The maximum Gasteiger partial charge on any atom is 0.203 e. The molecule has 0 radical (unpaired) electrons. The van der Waals surface area contributed by atoms with Gasteiger partial charge in [0.2, 0.25) is 5.95 Å². The van der Waals surface area contributed by atoms with E-state index in [0.717, 1.165) is 12.4 Å². The SMILES string of the molecule is CCC(c1ccccc1)n1ccnc1NC1CC1. The molecule has 0 saturated heterocycles. The molecule has 1 atom stereocenters. The quantitative estimate of drug-likeness (QED) is 0.868. The molecule has 1 unspecified atom stereocenters. The summed E-state index contributed by atoms with van der Waals surface area (Å²) in [5.41, 5.74) is 1.34. The predicted octanol–water partition coefficient (Wildman–Crippen LogP) is 3.46. The Kier molecular flexibility index (Phi) is 3.05. The zero-order valence-electron chi connectivity index (χ0n) is 10.7. The van der Waals surface area contributed by atoms with Crippen LogP contribution in [0.15, 0.2) is 42.7 Å². The summed E-state index contributed by atoms with van der Waals surface area (Å²) in [5.74, 6) is 1.01. The fourth-order valence-corrected chi connectivity index (χ4v) is 2.35. The van der Waals surface area contributed by atoms with Gasteiger partial charge in [0.05, 0.1) is 6.04 Å². The van der Waals surface area contributed by atoms with Crippen molar-refractivity contribution in [1.82, 2.24) is 9.55 Å². The van der Waals surface area contributed by atoms with Crippen LogP contribution in [0, 0.1) is 0 Å². The van der Waals surface area contributed by atoms with E-state index in [1.54, 1.807) is 0 Å². The van der Waals surface area contributed by atoms with Crippen molar-refractivity contribution in [3.05, 3.63) is 48.3 Å². The average Bonchev–Trinajstić information content (AvgIpc) is 3.11. The van der Waals surface area contributed by atoms with Gasteiger partial charge in [-0.3, -0.25) is 0 Å². The van der Waals surface area contributed by atoms with E-state index >= 15 is 0 Å². The van der Waals surface area contributed by atoms with Crippen molar-refractivity contribution in [3.63, 3.8) is 0 Å². The molecule has 1 fully saturated rings. The van der Waals surface area contributed by atoms with Crippen LogP contribution < -0.4 is 5.32 Å². The van der Waals surface area contributed by atoms with Gasteiger partial charge in [-0.1, -0.05) is 37.3 Å². The van der Waals surface area contributed by atoms with Crippen LogP contribution >= 0.6 is 0 Å². The molecule has 0 amide bonds. The molecule has 94 valence electrons. The summed E-state index contributed by atoms with van der Waals surface area (Å²) in [6.45, 7) is 2.22. The van der Waals surface area contributed by atoms with Gasteiger partial charge in [0, 0.05) is 18.4 Å². The highest BCUT2D eigenvalue weighted by atomic mass is 15.2. The zero-order valence-corrected chi connectivity index (χ0v) is 10.7. The molecule has 1 saturated carbocycles. The van der Waals surface area contributed by atoms with Gasteiger partial charge in [-0.05, 0) is 24.8 Å². The van der Waals surface area contributed by atoms with Gasteiger partial charge in [-0.25, -0.2) is 4.98 Å². The topological polar surface area (TPSA) is 29.9 Å². The smallest absolute Gasteiger partial charge is 0.203 e. The Balaban J connectivity index is 1.89. The van der Waals surface area contributed by atoms with Gasteiger partial charge in [-0.15, -0.1) is 0 Å². The highest BCUT2D eigenvalue weighted by Gasteiger charge is 2.24. The number of nitrogens with one attached hydrogen (secondary N) is 1. The third kappa shape index (κ3) is 2.26. The van der Waals surface area contributed by atoms with E-state index in [0.29, 0.717) is 12.1 Å². The molecule has 2 aromatic rings. The predicted molar refractivity (Wildman–Crippen MR) is 73.7 cm³/mol. The number of anilines is 1. The van der Waals surface area contributed by atoms with Crippen molar-refractivity contribution in [1.29, 1.82) is 0 Å². The van der Waals surface area contributed by atoms with Crippen molar-refractivity contribution in [2.24, 2.45) is 0 Å². The molecule has 18 heavy (non-hydrogen) atoms. The Morgan fingerprint density at radius 3 is 2.78 bits per heavy atom. The summed E-state index contributed by atoms with van der Waals surface area (Å²) in [7, 11) is 0. The van der Waals surface area contributed by atoms with Crippen molar-refractivity contribution < 1.29 is 0 Å². The van der Waals surface area contributed by atoms with Crippen LogP contribution in [0.3, 0.4) is 0 Å². The van der Waals surface area contributed by atoms with Gasteiger partial charge >= 0.3 is 0 Å². The van der Waals surface area contributed by atoms with Gasteiger partial charge in [-0.2, -0.15) is 0 Å². The van der Waals surface area contributed by atoms with Crippen molar-refractivity contribution in [3.8, 4) is 0 Å². The second-order valence-electron chi connectivity index (χ2n) is 4.91. The number of benzene rings is 1. The first-order valence-electron chi connectivity index (χ1n) is 6.73. The van der Waals surface area contributed by atoms with E-state index in [4.69, 9.17) is 0 Å². The van der Waals surface area contributed by atoms with Crippen LogP contribution in [0.25, 0.3) is 0 Å². The largest absolute Gasteiger partial charge is 0.353 e. The average molecular weight is 241 g/mol. The number of rotatable bonds is 5. The normalized spacial score (nSPS) is 16.5. The summed E-state index contributed by atoms with van der Waals surface area (Å²) in [5, 5.41) is 3.50. The molecule has 1 N–H and O–H groups in total. The molecule has 1 aliphatic rings. The summed E-state index contributed by atoms with van der Waals surface area (Å²) in [6, 6.07) is 11.7. The Hall–Kier alpha value is -1.77. The number of imidazole rings is 1. The third-order valence-corrected chi connectivity index (χ3v) is 3.49. The monoisotopic (exact) mass is 241 g/mol. The molecule has 0 bridgehead atoms. The first-order valence-corrected chi connectivity index (χ1v) is 6.73. The van der Waals surface area contributed by atoms with E-state index in [-0.39, 0.29) is 0 Å². The lowest BCUT2D eigenvalue weighted by Crippen LogP contribution is -2.14. The van der Waals surface area contributed by atoms with Crippen molar-refractivity contribution >= 4 is 5.95 Å². The van der Waals surface area contributed by atoms with E-state index < -0.39 is 0 Å². The number of hydrogen-bond acceptors (Lipinski definition) is 2. The molecule has 1 aromatic carbocycles. The zero-order chi connectivity index (χ0) is 12.4. The lowest BCUT2D eigenvalue weighted by molar-refractivity contribution is 0.570. The standard InChI is InChI=1S/C15H19N3/c1-2-14(12-6-4-3-5-7-12)18-11-10-16-15(18)17-13-8-9-13/h3-7,10-11,13-14H,2,8-9H2,1H3,(H,16,17). The molecular weight excluding hydrogens is 222 g/mol. The first-order chi connectivity index (χ1) is 8.88. The molecule has 3 rings (SSSR count). The van der Waals surface area contributed by atoms with E-state index in [9.17, 15) is 0 Å². The molecule has 1 aromatic heterocycles. The third-order valence-electron chi connectivity index (χ3n) is 3.49. The highest BCUT2D eigenvalue weighted by Crippen LogP contribution is 2.28. The van der Waals surface area contributed by atoms with Crippen LogP contribution in [0.5, 0.6) is 0 Å². The van der Waals surface area contributed by atoms with Crippen molar-refractivity contribution in [2.45, 2.75) is 38.3 Å². The molecule has 1 heterocycles. The van der Waals surface area contributed by atoms with Gasteiger partial charge in [0.1, 0.15) is 0 Å². The molecule has 1 aliphatic carbocycles. The molecule has 3 nitrogen and oxygen atoms in total. The van der Waals surface area contributed by atoms with E-state index in [1.807, 2.05) is 6.20 Å². The lowest BCUT2D eigenvalue weighted by Gasteiger charge is -2.20. The van der Waals surface area contributed by atoms with Crippen LogP contribution in [-0.2, 0) is 0 Å². The van der Waals surface area contributed by atoms with E-state index in [2.05, 4.69) is 58.3 Å². The maximum absolute atomic E-state index is 4.44. The number of nitrogens with zero attached hydrogens (tertiary/aromatic N) is 2. The second kappa shape index (κ2) is 4.84. The fourth-order valence-electron chi connectivity index (χ4n) is 2.35. The Labute approximate surface area is 108 Å². The number of aromatic nitrogens is 2. The van der Waals surface area contributed by atoms with Gasteiger partial charge in [0.25, 0.3) is 0 Å².